The molecule has 1 unspecified atom stereocenters. The SMILES string of the molecule is N#Cc1ccc(S(=O)(=O)N2CCC(C(=O)NC3CCN(C4CC4)C3)CC2)cc1. The Morgan fingerprint density at radius 2 is 1.71 bits per heavy atom. The molecule has 1 aromatic carbocycles. The van der Waals surface area contributed by atoms with Gasteiger partial charge >= 0.3 is 0 Å². The van der Waals surface area contributed by atoms with Gasteiger partial charge in [0, 0.05) is 44.2 Å². The maximum Gasteiger partial charge on any atom is 0.243 e. The van der Waals surface area contributed by atoms with Crippen LogP contribution in [0.15, 0.2) is 29.2 Å². The Labute approximate surface area is 166 Å². The van der Waals surface area contributed by atoms with Gasteiger partial charge in [0.25, 0.3) is 0 Å². The zero-order valence-corrected chi connectivity index (χ0v) is 16.7. The number of nitrogens with one attached hydrogen (secondary N) is 1. The lowest BCUT2D eigenvalue weighted by molar-refractivity contribution is -0.126. The highest BCUT2D eigenvalue weighted by Gasteiger charge is 2.36. The monoisotopic (exact) mass is 402 g/mol. The molecule has 150 valence electrons. The van der Waals surface area contributed by atoms with Crippen LogP contribution < -0.4 is 5.32 Å². The Morgan fingerprint density at radius 1 is 1.04 bits per heavy atom. The van der Waals surface area contributed by atoms with Crippen molar-refractivity contribution in [2.45, 2.75) is 49.1 Å². The average Bonchev–Trinajstić information content (AvgIpc) is 3.47. The molecule has 2 aliphatic heterocycles. The van der Waals surface area contributed by atoms with Crippen LogP contribution >= 0.6 is 0 Å². The van der Waals surface area contributed by atoms with Crippen LogP contribution in [0, 0.1) is 17.2 Å². The summed E-state index contributed by atoms with van der Waals surface area (Å²) in [5.74, 6) is -0.0551. The number of hydrogen-bond donors (Lipinski definition) is 1. The Hall–Kier alpha value is -1.95. The maximum absolute atomic E-state index is 12.8. The number of carbonyl (C=O) groups is 1. The van der Waals surface area contributed by atoms with Crippen LogP contribution in [0.25, 0.3) is 0 Å². The lowest BCUT2D eigenvalue weighted by Crippen LogP contribution is -2.46. The second-order valence-corrected chi connectivity index (χ2v) is 9.97. The van der Waals surface area contributed by atoms with Crippen LogP contribution in [0.1, 0.15) is 37.7 Å². The van der Waals surface area contributed by atoms with Crippen molar-refractivity contribution in [1.82, 2.24) is 14.5 Å². The normalized spacial score (nSPS) is 24.8. The Balaban J connectivity index is 1.29. The molecule has 1 amide bonds. The maximum atomic E-state index is 12.8. The van der Waals surface area contributed by atoms with Gasteiger partial charge in [0.15, 0.2) is 0 Å². The fraction of sp³-hybridized carbons (Fsp3) is 0.600. The first-order valence-corrected chi connectivity index (χ1v) is 11.5. The van der Waals surface area contributed by atoms with Crippen molar-refractivity contribution in [2.24, 2.45) is 5.92 Å². The summed E-state index contributed by atoms with van der Waals surface area (Å²) in [6.45, 7) is 2.71. The molecular formula is C20H26N4O3S. The Kier molecular flexibility index (Phi) is 5.41. The van der Waals surface area contributed by atoms with Crippen LogP contribution in [0.5, 0.6) is 0 Å². The highest BCUT2D eigenvalue weighted by Crippen LogP contribution is 2.30. The van der Waals surface area contributed by atoms with Crippen molar-refractivity contribution >= 4 is 15.9 Å². The third-order valence-electron chi connectivity index (χ3n) is 6.08. The van der Waals surface area contributed by atoms with Crippen LogP contribution in [0.3, 0.4) is 0 Å². The summed E-state index contributed by atoms with van der Waals surface area (Å²) in [5.41, 5.74) is 0.432. The van der Waals surface area contributed by atoms with Crippen LogP contribution in [0.2, 0.25) is 0 Å². The van der Waals surface area contributed by atoms with Gasteiger partial charge in [0.05, 0.1) is 16.5 Å². The molecule has 1 aromatic rings. The van der Waals surface area contributed by atoms with E-state index in [2.05, 4.69) is 10.2 Å². The molecule has 1 saturated carbocycles. The minimum Gasteiger partial charge on any atom is -0.352 e. The summed E-state index contributed by atoms with van der Waals surface area (Å²) < 4.78 is 27.0. The fourth-order valence-corrected chi connectivity index (χ4v) is 5.67. The first-order chi connectivity index (χ1) is 13.5. The number of nitrogens with zero attached hydrogens (tertiary/aromatic N) is 3. The minimum atomic E-state index is -3.58. The molecule has 1 N–H and O–H groups in total. The quantitative estimate of drug-likeness (QED) is 0.802. The van der Waals surface area contributed by atoms with E-state index in [-0.39, 0.29) is 22.8 Å². The van der Waals surface area contributed by atoms with Crippen molar-refractivity contribution in [3.8, 4) is 6.07 Å². The average molecular weight is 403 g/mol. The molecule has 8 heteroatoms. The van der Waals surface area contributed by atoms with Gasteiger partial charge in [0.1, 0.15) is 0 Å². The van der Waals surface area contributed by atoms with Gasteiger partial charge in [0.2, 0.25) is 15.9 Å². The van der Waals surface area contributed by atoms with Crippen LogP contribution in [0.4, 0.5) is 0 Å². The third kappa shape index (κ3) is 4.07. The van der Waals surface area contributed by atoms with Crippen molar-refractivity contribution < 1.29 is 13.2 Å². The van der Waals surface area contributed by atoms with Crippen LogP contribution in [-0.2, 0) is 14.8 Å². The first kappa shape index (κ1) is 19.4. The number of carbonyl (C=O) groups excluding carboxylic acids is 1. The summed E-state index contributed by atoms with van der Waals surface area (Å²) in [6, 6.07) is 8.92. The molecule has 7 nitrogen and oxygen atoms in total. The molecule has 3 aliphatic rings. The molecular weight excluding hydrogens is 376 g/mol. The van der Waals surface area contributed by atoms with Crippen molar-refractivity contribution in [3.63, 3.8) is 0 Å². The smallest absolute Gasteiger partial charge is 0.243 e. The molecule has 1 aliphatic carbocycles. The number of nitriles is 1. The van der Waals surface area contributed by atoms with E-state index in [1.807, 2.05) is 6.07 Å². The van der Waals surface area contributed by atoms with E-state index in [0.717, 1.165) is 25.6 Å². The first-order valence-electron chi connectivity index (χ1n) is 10.0. The number of sulfonamides is 1. The number of benzene rings is 1. The van der Waals surface area contributed by atoms with Gasteiger partial charge in [-0.1, -0.05) is 0 Å². The second kappa shape index (κ2) is 7.82. The molecule has 0 spiro atoms. The number of likely N-dealkylation sites (tertiary alicyclic amines) is 1. The molecule has 2 saturated heterocycles. The number of piperidine rings is 1. The summed E-state index contributed by atoms with van der Waals surface area (Å²) in [6.07, 6.45) is 4.66. The lowest BCUT2D eigenvalue weighted by atomic mass is 9.97. The Bertz CT molecular complexity index is 866. The Morgan fingerprint density at radius 3 is 2.32 bits per heavy atom. The second-order valence-electron chi connectivity index (χ2n) is 8.03. The number of hydrogen-bond acceptors (Lipinski definition) is 5. The van der Waals surface area contributed by atoms with Gasteiger partial charge in [-0.2, -0.15) is 9.57 Å². The topological polar surface area (TPSA) is 93.5 Å². The van der Waals surface area contributed by atoms with E-state index < -0.39 is 10.0 Å². The van der Waals surface area contributed by atoms with Gasteiger partial charge in [-0.05, 0) is 56.4 Å². The zero-order chi connectivity index (χ0) is 19.7. The highest BCUT2D eigenvalue weighted by molar-refractivity contribution is 7.89. The van der Waals surface area contributed by atoms with Gasteiger partial charge < -0.3 is 5.32 Å². The van der Waals surface area contributed by atoms with E-state index in [0.29, 0.717) is 31.5 Å². The predicted molar refractivity (Wildman–Crippen MR) is 104 cm³/mol. The number of amides is 1. The van der Waals surface area contributed by atoms with E-state index >= 15 is 0 Å². The van der Waals surface area contributed by atoms with E-state index in [9.17, 15) is 13.2 Å². The molecule has 3 fully saturated rings. The summed E-state index contributed by atoms with van der Waals surface area (Å²) >= 11 is 0. The van der Waals surface area contributed by atoms with Crippen LogP contribution in [-0.4, -0.2) is 61.8 Å². The predicted octanol–water partition coefficient (Wildman–Crippen LogP) is 1.31. The van der Waals surface area contributed by atoms with Crippen molar-refractivity contribution in [3.05, 3.63) is 29.8 Å². The minimum absolute atomic E-state index is 0.0677. The molecule has 0 bridgehead atoms. The van der Waals surface area contributed by atoms with Crippen molar-refractivity contribution in [2.75, 3.05) is 26.2 Å². The van der Waals surface area contributed by atoms with E-state index in [1.165, 1.54) is 41.4 Å². The summed E-state index contributed by atoms with van der Waals surface area (Å²) in [5, 5.41) is 12.0. The van der Waals surface area contributed by atoms with E-state index in [1.54, 1.807) is 0 Å². The molecule has 28 heavy (non-hydrogen) atoms. The van der Waals surface area contributed by atoms with Gasteiger partial charge in [-0.3, -0.25) is 9.69 Å². The highest BCUT2D eigenvalue weighted by atomic mass is 32.2. The molecule has 2 heterocycles. The summed E-state index contributed by atoms with van der Waals surface area (Å²) in [4.78, 5) is 15.3. The third-order valence-corrected chi connectivity index (χ3v) is 7.99. The molecule has 4 rings (SSSR count). The molecule has 0 radical (unpaired) electrons. The number of rotatable bonds is 5. The largest absolute Gasteiger partial charge is 0.352 e. The fourth-order valence-electron chi connectivity index (χ4n) is 4.20. The lowest BCUT2D eigenvalue weighted by Gasteiger charge is -2.31. The van der Waals surface area contributed by atoms with Crippen molar-refractivity contribution in [1.29, 1.82) is 5.26 Å². The van der Waals surface area contributed by atoms with Gasteiger partial charge in [-0.15, -0.1) is 0 Å². The van der Waals surface area contributed by atoms with Gasteiger partial charge in [-0.25, -0.2) is 8.42 Å². The summed E-state index contributed by atoms with van der Waals surface area (Å²) in [7, 11) is -3.58. The standard InChI is InChI=1S/C20H26N4O3S/c21-13-15-1-5-19(6-2-15)28(26,27)24-11-7-16(8-12-24)20(25)22-17-9-10-23(14-17)18-3-4-18/h1-2,5-6,16-18H,3-4,7-12,14H2,(H,22,25). The molecule has 1 atom stereocenters. The molecule has 0 aromatic heterocycles. The van der Waals surface area contributed by atoms with E-state index in [4.69, 9.17) is 5.26 Å². The zero-order valence-electron chi connectivity index (χ0n) is 15.9.